The molecule has 49 heavy (non-hydrogen) atoms. The van der Waals surface area contributed by atoms with Crippen molar-refractivity contribution in [3.8, 4) is 23.0 Å². The number of halogens is 5. The van der Waals surface area contributed by atoms with Gasteiger partial charge in [-0.05, 0) is 38.8 Å². The predicted octanol–water partition coefficient (Wildman–Crippen LogP) is 7.17. The van der Waals surface area contributed by atoms with E-state index in [0.717, 1.165) is 26.1 Å². The normalized spacial score (nSPS) is 18.8. The SMILES string of the molecule is CC(C)(COc1ccn(-c2ncc3nc2-c2ccccc2C(F)(F)COCCCN(CC2CCOC2)c2cccc(n2)SN3)n1)C(F)(F)F. The fraction of sp³-hybridized carbons (Fsp3) is 0.455. The van der Waals surface area contributed by atoms with Crippen molar-refractivity contribution in [3.63, 3.8) is 0 Å². The third kappa shape index (κ3) is 8.24. The number of nitrogens with one attached hydrogen (secondary N) is 1. The smallest absolute Gasteiger partial charge is 0.397 e. The van der Waals surface area contributed by atoms with Gasteiger partial charge in [0.2, 0.25) is 5.88 Å². The van der Waals surface area contributed by atoms with Crippen LogP contribution in [0, 0.1) is 11.3 Å². The first-order valence-electron chi connectivity index (χ1n) is 15.8. The van der Waals surface area contributed by atoms with Crippen molar-refractivity contribution in [3.05, 3.63) is 66.5 Å². The summed E-state index contributed by atoms with van der Waals surface area (Å²) >= 11 is 1.19. The third-order valence-corrected chi connectivity index (χ3v) is 9.00. The molecule has 10 nitrogen and oxygen atoms in total. The maximum atomic E-state index is 15.9. The monoisotopic (exact) mass is 705 g/mol. The lowest BCUT2D eigenvalue weighted by molar-refractivity contribution is -0.219. The van der Waals surface area contributed by atoms with Gasteiger partial charge in [0.05, 0.1) is 18.2 Å². The van der Waals surface area contributed by atoms with Crippen LogP contribution in [0.15, 0.2) is 66.0 Å². The average Bonchev–Trinajstić information content (AvgIpc) is 3.78. The summed E-state index contributed by atoms with van der Waals surface area (Å²) < 4.78 is 92.9. The summed E-state index contributed by atoms with van der Waals surface area (Å²) in [7, 11) is 0. The molecule has 2 aliphatic rings. The number of anilines is 2. The number of alkyl halides is 5. The van der Waals surface area contributed by atoms with Crippen LogP contribution in [0.1, 0.15) is 32.3 Å². The van der Waals surface area contributed by atoms with Crippen LogP contribution in [-0.2, 0) is 15.4 Å². The van der Waals surface area contributed by atoms with E-state index < -0.39 is 30.7 Å². The standard InChI is InChI=1S/C33H36F5N7O3S/c1-31(2,33(36,37)38)20-48-27-11-14-45(42-27)30-29-23-7-3-4-8-24(23)32(34,35)21-47-15-6-13-44(18-22-12-16-46-19-22)26-9-5-10-28(41-26)49-43-25(40-29)17-39-30/h3-5,7-11,14,17,22H,6,12-13,15-16,18-21H2,1-2H3,(H,40,43). The van der Waals surface area contributed by atoms with Crippen LogP contribution in [0.3, 0.4) is 0 Å². The Bertz CT molecular complexity index is 1730. The van der Waals surface area contributed by atoms with Gasteiger partial charge in [-0.3, -0.25) is 0 Å². The zero-order valence-electron chi connectivity index (χ0n) is 26.9. The Labute approximate surface area is 284 Å². The van der Waals surface area contributed by atoms with Gasteiger partial charge >= 0.3 is 6.18 Å². The maximum Gasteiger partial charge on any atom is 0.397 e. The number of ether oxygens (including phenoxy) is 3. The summed E-state index contributed by atoms with van der Waals surface area (Å²) in [5, 5.41) is 4.91. The topological polar surface area (TPSA) is 99.5 Å². The highest BCUT2D eigenvalue weighted by Gasteiger charge is 2.48. The molecule has 1 unspecified atom stereocenters. The number of hydrogen-bond donors (Lipinski definition) is 1. The van der Waals surface area contributed by atoms with Gasteiger partial charge in [-0.2, -0.15) is 22.0 Å². The van der Waals surface area contributed by atoms with E-state index in [1.165, 1.54) is 53.3 Å². The first-order chi connectivity index (χ1) is 23.4. The van der Waals surface area contributed by atoms with E-state index >= 15 is 8.78 Å². The Morgan fingerprint density at radius 3 is 2.67 bits per heavy atom. The van der Waals surface area contributed by atoms with Gasteiger partial charge in [-0.1, -0.05) is 30.3 Å². The molecule has 1 N–H and O–H groups in total. The van der Waals surface area contributed by atoms with Crippen molar-refractivity contribution in [2.24, 2.45) is 11.3 Å². The van der Waals surface area contributed by atoms with Crippen LogP contribution in [0.5, 0.6) is 5.88 Å². The number of pyridine rings is 1. The zero-order valence-corrected chi connectivity index (χ0v) is 27.7. The second-order valence-electron chi connectivity index (χ2n) is 12.6. The van der Waals surface area contributed by atoms with E-state index in [1.54, 1.807) is 6.07 Å². The highest BCUT2D eigenvalue weighted by molar-refractivity contribution is 8.00. The molecule has 0 radical (unpaired) electrons. The summed E-state index contributed by atoms with van der Waals surface area (Å²) in [6, 6.07) is 13.0. The Morgan fingerprint density at radius 2 is 1.88 bits per heavy atom. The molecule has 0 saturated carbocycles. The van der Waals surface area contributed by atoms with Crippen molar-refractivity contribution in [2.45, 2.75) is 43.8 Å². The number of fused-ring (bicyclic) bond motifs is 6. The van der Waals surface area contributed by atoms with E-state index in [2.05, 4.69) is 24.7 Å². The molecule has 2 aliphatic heterocycles. The van der Waals surface area contributed by atoms with Crippen molar-refractivity contribution >= 4 is 23.6 Å². The van der Waals surface area contributed by atoms with Crippen LogP contribution in [0.2, 0.25) is 0 Å². The number of benzene rings is 1. The molecule has 1 atom stereocenters. The minimum atomic E-state index is -4.49. The lowest BCUT2D eigenvalue weighted by atomic mass is 9.94. The minimum absolute atomic E-state index is 0.0575. The highest BCUT2D eigenvalue weighted by Crippen LogP contribution is 2.39. The predicted molar refractivity (Wildman–Crippen MR) is 174 cm³/mol. The molecular formula is C33H36F5N7O3S. The Balaban J connectivity index is 1.34. The Kier molecular flexibility index (Phi) is 10.3. The van der Waals surface area contributed by atoms with E-state index in [0.29, 0.717) is 43.7 Å². The first-order valence-corrected chi connectivity index (χ1v) is 16.6. The van der Waals surface area contributed by atoms with Crippen molar-refractivity contribution in [1.29, 1.82) is 0 Å². The molecule has 16 heteroatoms. The van der Waals surface area contributed by atoms with Crippen LogP contribution in [0.25, 0.3) is 17.1 Å². The minimum Gasteiger partial charge on any atom is -0.476 e. The molecule has 1 aromatic carbocycles. The number of hydrogen-bond acceptors (Lipinski definition) is 10. The highest BCUT2D eigenvalue weighted by atomic mass is 32.2. The van der Waals surface area contributed by atoms with Gasteiger partial charge in [-0.25, -0.2) is 19.6 Å². The fourth-order valence-electron chi connectivity index (χ4n) is 5.34. The molecule has 262 valence electrons. The lowest BCUT2D eigenvalue weighted by Crippen LogP contribution is -2.37. The summed E-state index contributed by atoms with van der Waals surface area (Å²) in [6.07, 6.45) is -0.219. The fourth-order valence-corrected chi connectivity index (χ4v) is 5.94. The van der Waals surface area contributed by atoms with Gasteiger partial charge in [0.15, 0.2) is 11.6 Å². The molecule has 0 aliphatic carbocycles. The Hall–Kier alpha value is -4.02. The van der Waals surface area contributed by atoms with Crippen LogP contribution < -0.4 is 14.4 Å². The van der Waals surface area contributed by atoms with Crippen molar-refractivity contribution in [1.82, 2.24) is 24.7 Å². The third-order valence-electron chi connectivity index (χ3n) is 8.25. The van der Waals surface area contributed by atoms with Crippen LogP contribution in [-0.4, -0.2) is 77.0 Å². The van der Waals surface area contributed by atoms with Crippen LogP contribution >= 0.6 is 11.9 Å². The van der Waals surface area contributed by atoms with Gasteiger partial charge in [0.1, 0.15) is 29.8 Å². The van der Waals surface area contributed by atoms with E-state index in [1.807, 2.05) is 18.2 Å². The summed E-state index contributed by atoms with van der Waals surface area (Å²) in [6.45, 7) is 3.26. The first kappa shape index (κ1) is 34.8. The zero-order chi connectivity index (χ0) is 34.6. The van der Waals surface area contributed by atoms with E-state index in [9.17, 15) is 13.2 Å². The summed E-state index contributed by atoms with van der Waals surface area (Å²) in [4.78, 5) is 16.2. The Morgan fingerprint density at radius 1 is 1.04 bits per heavy atom. The second kappa shape index (κ2) is 14.5. The average molecular weight is 706 g/mol. The van der Waals surface area contributed by atoms with Gasteiger partial charge in [0, 0.05) is 67.6 Å². The molecular weight excluding hydrogens is 669 g/mol. The largest absolute Gasteiger partial charge is 0.476 e. The van der Waals surface area contributed by atoms with E-state index in [4.69, 9.17) is 19.2 Å². The quantitative estimate of drug-likeness (QED) is 0.164. The van der Waals surface area contributed by atoms with Crippen LogP contribution in [0.4, 0.5) is 33.6 Å². The molecule has 4 aromatic rings. The van der Waals surface area contributed by atoms with Gasteiger partial charge < -0.3 is 23.8 Å². The van der Waals surface area contributed by atoms with Crippen molar-refractivity contribution < 1.29 is 36.2 Å². The number of nitrogens with zero attached hydrogens (tertiary/aromatic N) is 6. The molecule has 1 fully saturated rings. The van der Waals surface area contributed by atoms with Crippen molar-refractivity contribution in [2.75, 3.05) is 55.7 Å². The summed E-state index contributed by atoms with van der Waals surface area (Å²) in [5.74, 6) is -2.10. The molecule has 0 amide bonds. The molecule has 3 aromatic heterocycles. The second-order valence-corrected chi connectivity index (χ2v) is 13.4. The number of rotatable bonds is 6. The summed E-state index contributed by atoms with van der Waals surface area (Å²) in [5.41, 5.74) is -2.32. The number of aromatic nitrogens is 5. The maximum absolute atomic E-state index is 15.9. The molecule has 6 rings (SSSR count). The molecule has 5 heterocycles. The van der Waals surface area contributed by atoms with Gasteiger partial charge in [-0.15, -0.1) is 5.10 Å². The molecule has 4 bridgehead atoms. The van der Waals surface area contributed by atoms with E-state index in [-0.39, 0.29) is 40.9 Å². The van der Waals surface area contributed by atoms with Gasteiger partial charge in [0.25, 0.3) is 5.92 Å². The molecule has 0 spiro atoms. The lowest BCUT2D eigenvalue weighted by Gasteiger charge is -2.27. The molecule has 1 saturated heterocycles.